The maximum atomic E-state index is 10.2. The van der Waals surface area contributed by atoms with E-state index in [2.05, 4.69) is 4.74 Å². The molecular weight excluding hydrogens is 148 g/mol. The Labute approximate surface area is 65.2 Å². The van der Waals surface area contributed by atoms with Gasteiger partial charge in [-0.2, -0.15) is 0 Å². The second kappa shape index (κ2) is 5.70. The fourth-order valence-corrected chi connectivity index (χ4v) is 0.576. The Hall–Kier alpha value is -1.06. The first kappa shape index (κ1) is 9.94. The second-order valence-electron chi connectivity index (χ2n) is 2.13. The highest BCUT2D eigenvalue weighted by Gasteiger charge is 2.01. The van der Waals surface area contributed by atoms with E-state index in [0.29, 0.717) is 6.42 Å². The molecule has 0 spiro atoms. The largest absolute Gasteiger partial charge is 0.539 e. The van der Waals surface area contributed by atoms with E-state index in [4.69, 9.17) is 0 Å². The molecule has 0 aromatic carbocycles. The molecular formula is C7H11O4-. The molecule has 0 N–H and O–H groups in total. The van der Waals surface area contributed by atoms with Crippen LogP contribution in [-0.2, 0) is 14.3 Å². The van der Waals surface area contributed by atoms with Crippen LogP contribution in [0.2, 0.25) is 0 Å². The molecule has 4 nitrogen and oxygen atoms in total. The molecule has 0 saturated heterocycles. The van der Waals surface area contributed by atoms with Crippen LogP contribution in [0.15, 0.2) is 0 Å². The van der Waals surface area contributed by atoms with Crippen LogP contribution < -0.4 is 5.11 Å². The lowest BCUT2D eigenvalue weighted by atomic mass is 10.3. The molecule has 0 bridgehead atoms. The number of aliphatic carboxylic acids is 1. The number of carboxylic acid groups (broad SMARTS) is 1. The molecule has 0 unspecified atom stereocenters. The van der Waals surface area contributed by atoms with Gasteiger partial charge < -0.3 is 14.6 Å². The molecule has 0 aromatic rings. The van der Waals surface area contributed by atoms with Crippen LogP contribution in [-0.4, -0.2) is 18.5 Å². The quantitative estimate of drug-likeness (QED) is 0.314. The van der Waals surface area contributed by atoms with Crippen LogP contribution in [0.5, 0.6) is 0 Å². The van der Waals surface area contributed by atoms with Gasteiger partial charge in [-0.1, -0.05) is 19.8 Å². The molecule has 0 radical (unpaired) electrons. The summed E-state index contributed by atoms with van der Waals surface area (Å²) in [5, 5.41) is 9.78. The summed E-state index contributed by atoms with van der Waals surface area (Å²) in [5.41, 5.74) is 0. The molecule has 0 aliphatic rings. The van der Waals surface area contributed by atoms with Crippen LogP contribution in [0, 0.1) is 0 Å². The SMILES string of the molecule is CCCCCOC(=O)C(=O)[O-]. The van der Waals surface area contributed by atoms with Crippen LogP contribution >= 0.6 is 0 Å². The van der Waals surface area contributed by atoms with Gasteiger partial charge in [0.1, 0.15) is 0 Å². The Morgan fingerprint density at radius 2 is 2.00 bits per heavy atom. The van der Waals surface area contributed by atoms with Gasteiger partial charge in [-0.05, 0) is 6.42 Å². The standard InChI is InChI=1S/C7H12O4/c1-2-3-4-5-11-7(10)6(8)9/h2-5H2,1H3,(H,8,9)/p-1. The summed E-state index contributed by atoms with van der Waals surface area (Å²) in [4.78, 5) is 20.0. The van der Waals surface area contributed by atoms with E-state index in [0.717, 1.165) is 12.8 Å². The zero-order chi connectivity index (χ0) is 8.69. The highest BCUT2D eigenvalue weighted by atomic mass is 16.6. The van der Waals surface area contributed by atoms with Crippen LogP contribution in [0.1, 0.15) is 26.2 Å². The van der Waals surface area contributed by atoms with Crippen molar-refractivity contribution in [3.05, 3.63) is 0 Å². The van der Waals surface area contributed by atoms with Gasteiger partial charge in [0.25, 0.3) is 0 Å². The number of carboxylic acids is 1. The fourth-order valence-electron chi connectivity index (χ4n) is 0.576. The number of hydrogen-bond donors (Lipinski definition) is 0. The Bertz CT molecular complexity index is 141. The zero-order valence-electron chi connectivity index (χ0n) is 6.46. The summed E-state index contributed by atoms with van der Waals surface area (Å²) in [7, 11) is 0. The highest BCUT2D eigenvalue weighted by molar-refractivity contribution is 6.27. The van der Waals surface area contributed by atoms with Crippen molar-refractivity contribution in [3.8, 4) is 0 Å². The van der Waals surface area contributed by atoms with Crippen molar-refractivity contribution in [2.45, 2.75) is 26.2 Å². The smallest absolute Gasteiger partial charge is 0.354 e. The molecule has 0 heterocycles. The first-order valence-corrected chi connectivity index (χ1v) is 3.56. The van der Waals surface area contributed by atoms with Crippen molar-refractivity contribution < 1.29 is 19.4 Å². The molecule has 64 valence electrons. The minimum absolute atomic E-state index is 0.167. The Kier molecular flexibility index (Phi) is 5.15. The van der Waals surface area contributed by atoms with Gasteiger partial charge in [0, 0.05) is 0 Å². The Balaban J connectivity index is 3.25. The summed E-state index contributed by atoms with van der Waals surface area (Å²) in [6, 6.07) is 0. The van der Waals surface area contributed by atoms with Crippen LogP contribution in [0.3, 0.4) is 0 Å². The van der Waals surface area contributed by atoms with Crippen molar-refractivity contribution >= 4 is 11.9 Å². The Morgan fingerprint density at radius 3 is 2.45 bits per heavy atom. The minimum atomic E-state index is -1.78. The average Bonchev–Trinajstić information content (AvgIpc) is 1.97. The highest BCUT2D eigenvalue weighted by Crippen LogP contribution is 1.93. The first-order chi connectivity index (χ1) is 5.18. The number of hydrogen-bond acceptors (Lipinski definition) is 4. The van der Waals surface area contributed by atoms with E-state index >= 15 is 0 Å². The van der Waals surface area contributed by atoms with Gasteiger partial charge in [0.05, 0.1) is 6.61 Å². The number of unbranched alkanes of at least 4 members (excludes halogenated alkanes) is 2. The van der Waals surface area contributed by atoms with Gasteiger partial charge in [-0.15, -0.1) is 0 Å². The lowest BCUT2D eigenvalue weighted by molar-refractivity contribution is -0.303. The topological polar surface area (TPSA) is 66.4 Å². The van der Waals surface area contributed by atoms with Crippen LogP contribution in [0.25, 0.3) is 0 Å². The summed E-state index contributed by atoms with van der Waals surface area (Å²) in [6.07, 6.45) is 2.64. The number of ether oxygens (including phenoxy) is 1. The molecule has 0 atom stereocenters. The average molecular weight is 159 g/mol. The van der Waals surface area contributed by atoms with Crippen molar-refractivity contribution in [3.63, 3.8) is 0 Å². The van der Waals surface area contributed by atoms with E-state index < -0.39 is 11.9 Å². The molecule has 0 fully saturated rings. The Morgan fingerprint density at radius 1 is 1.36 bits per heavy atom. The molecule has 4 heteroatoms. The van der Waals surface area contributed by atoms with E-state index in [1.54, 1.807) is 0 Å². The van der Waals surface area contributed by atoms with Gasteiger partial charge in [-0.3, -0.25) is 0 Å². The molecule has 0 rings (SSSR count). The molecule has 0 aromatic heterocycles. The summed E-state index contributed by atoms with van der Waals surface area (Å²) in [5.74, 6) is -3.05. The van der Waals surface area contributed by atoms with Gasteiger partial charge in [0.2, 0.25) is 0 Å². The molecule has 0 aliphatic heterocycles. The lowest BCUT2D eigenvalue weighted by Gasteiger charge is -2.03. The maximum Gasteiger partial charge on any atom is 0.354 e. The maximum absolute atomic E-state index is 10.2. The molecule has 0 saturated carbocycles. The summed E-state index contributed by atoms with van der Waals surface area (Å²) < 4.78 is 4.30. The fraction of sp³-hybridized carbons (Fsp3) is 0.714. The number of esters is 1. The lowest BCUT2D eigenvalue weighted by Crippen LogP contribution is -2.33. The number of rotatable bonds is 4. The minimum Gasteiger partial charge on any atom is -0.539 e. The number of carbonyl (C=O) groups is 2. The third kappa shape index (κ3) is 5.39. The van der Waals surface area contributed by atoms with Crippen molar-refractivity contribution in [2.75, 3.05) is 6.61 Å². The predicted octanol–water partition coefficient (Wildman–Crippen LogP) is -0.530. The summed E-state index contributed by atoms with van der Waals surface area (Å²) in [6.45, 7) is 2.17. The molecule has 0 aliphatic carbocycles. The normalized spacial score (nSPS) is 9.18. The van der Waals surface area contributed by atoms with Gasteiger partial charge in [-0.25, -0.2) is 4.79 Å². The first-order valence-electron chi connectivity index (χ1n) is 3.56. The van der Waals surface area contributed by atoms with E-state index in [1.807, 2.05) is 6.92 Å². The van der Waals surface area contributed by atoms with Crippen molar-refractivity contribution in [1.29, 1.82) is 0 Å². The van der Waals surface area contributed by atoms with Gasteiger partial charge >= 0.3 is 5.97 Å². The van der Waals surface area contributed by atoms with Crippen molar-refractivity contribution in [2.24, 2.45) is 0 Å². The van der Waals surface area contributed by atoms with E-state index in [-0.39, 0.29) is 6.61 Å². The summed E-state index contributed by atoms with van der Waals surface area (Å²) >= 11 is 0. The van der Waals surface area contributed by atoms with Crippen LogP contribution in [0.4, 0.5) is 0 Å². The monoisotopic (exact) mass is 159 g/mol. The third-order valence-electron chi connectivity index (χ3n) is 1.15. The van der Waals surface area contributed by atoms with E-state index in [1.165, 1.54) is 0 Å². The predicted molar refractivity (Wildman–Crippen MR) is 35.5 cm³/mol. The molecule has 0 amide bonds. The third-order valence-corrected chi connectivity index (χ3v) is 1.15. The number of carbonyl (C=O) groups excluding carboxylic acids is 2. The van der Waals surface area contributed by atoms with E-state index in [9.17, 15) is 14.7 Å². The van der Waals surface area contributed by atoms with Crippen molar-refractivity contribution in [1.82, 2.24) is 0 Å². The second-order valence-corrected chi connectivity index (χ2v) is 2.13. The van der Waals surface area contributed by atoms with Gasteiger partial charge in [0.15, 0.2) is 5.97 Å². The zero-order valence-corrected chi connectivity index (χ0v) is 6.46. The molecule has 11 heavy (non-hydrogen) atoms.